The Hall–Kier alpha value is -2.59. The molecule has 0 heterocycles. The van der Waals surface area contributed by atoms with Crippen molar-refractivity contribution in [1.82, 2.24) is 0 Å². The molecule has 2 aromatic carbocycles. The van der Waals surface area contributed by atoms with Gasteiger partial charge in [0.25, 0.3) is 0 Å². The SMILES string of the molecule is COc1ccc(C(=O)[C@@H]2[C@H]3CC(c4cccc(N(C)C)c4)=C[C@H]3C[C@H]2O)cc1. The predicted octanol–water partition coefficient (Wildman–Crippen LogP) is 4.04. The van der Waals surface area contributed by atoms with Crippen molar-refractivity contribution in [3.63, 3.8) is 0 Å². The number of benzene rings is 2. The van der Waals surface area contributed by atoms with Gasteiger partial charge in [-0.1, -0.05) is 18.2 Å². The van der Waals surface area contributed by atoms with Crippen LogP contribution in [0.15, 0.2) is 54.6 Å². The summed E-state index contributed by atoms with van der Waals surface area (Å²) in [5, 5.41) is 10.6. The third-order valence-electron chi connectivity index (χ3n) is 6.22. The molecule has 2 aliphatic carbocycles. The molecule has 0 radical (unpaired) electrons. The lowest BCUT2D eigenvalue weighted by Crippen LogP contribution is -2.28. The molecule has 4 rings (SSSR count). The van der Waals surface area contributed by atoms with E-state index in [9.17, 15) is 9.90 Å². The summed E-state index contributed by atoms with van der Waals surface area (Å²) < 4.78 is 5.18. The predicted molar refractivity (Wildman–Crippen MR) is 112 cm³/mol. The fourth-order valence-electron chi connectivity index (χ4n) is 4.72. The van der Waals surface area contributed by atoms with Crippen molar-refractivity contribution in [2.24, 2.45) is 17.8 Å². The maximum atomic E-state index is 13.2. The van der Waals surface area contributed by atoms with Crippen molar-refractivity contribution in [1.29, 1.82) is 0 Å². The summed E-state index contributed by atoms with van der Waals surface area (Å²) >= 11 is 0. The Bertz CT molecular complexity index is 900. The molecule has 4 nitrogen and oxygen atoms in total. The molecule has 1 saturated carbocycles. The maximum Gasteiger partial charge on any atom is 0.168 e. The number of carbonyl (C=O) groups is 1. The number of rotatable bonds is 5. The topological polar surface area (TPSA) is 49.8 Å². The summed E-state index contributed by atoms with van der Waals surface area (Å²) in [7, 11) is 5.69. The van der Waals surface area contributed by atoms with E-state index in [1.165, 1.54) is 16.8 Å². The Balaban J connectivity index is 1.56. The monoisotopic (exact) mass is 377 g/mol. The zero-order valence-electron chi connectivity index (χ0n) is 16.6. The Morgan fingerprint density at radius 2 is 1.89 bits per heavy atom. The van der Waals surface area contributed by atoms with Crippen molar-refractivity contribution in [3.05, 3.63) is 65.7 Å². The maximum absolute atomic E-state index is 13.2. The zero-order valence-corrected chi connectivity index (χ0v) is 16.6. The smallest absolute Gasteiger partial charge is 0.168 e. The number of methoxy groups -OCH3 is 1. The molecule has 0 bridgehead atoms. The highest BCUT2D eigenvalue weighted by atomic mass is 16.5. The van der Waals surface area contributed by atoms with E-state index in [-0.39, 0.29) is 23.5 Å². The number of anilines is 1. The van der Waals surface area contributed by atoms with Crippen molar-refractivity contribution < 1.29 is 14.6 Å². The average Bonchev–Trinajstić information content (AvgIpc) is 3.24. The van der Waals surface area contributed by atoms with E-state index in [1.807, 2.05) is 14.1 Å². The molecule has 146 valence electrons. The number of aliphatic hydroxyl groups is 1. The molecular weight excluding hydrogens is 350 g/mol. The number of ketones is 1. The van der Waals surface area contributed by atoms with E-state index in [0.29, 0.717) is 12.0 Å². The van der Waals surface area contributed by atoms with E-state index in [4.69, 9.17) is 4.74 Å². The first-order valence-electron chi connectivity index (χ1n) is 9.82. The van der Waals surface area contributed by atoms with Crippen LogP contribution < -0.4 is 9.64 Å². The largest absolute Gasteiger partial charge is 0.497 e. The summed E-state index contributed by atoms with van der Waals surface area (Å²) in [6.07, 6.45) is 3.21. The Labute approximate surface area is 166 Å². The van der Waals surface area contributed by atoms with Crippen molar-refractivity contribution >= 4 is 17.0 Å². The van der Waals surface area contributed by atoms with Crippen LogP contribution in [0.3, 0.4) is 0 Å². The number of ether oxygens (including phenoxy) is 1. The lowest BCUT2D eigenvalue weighted by atomic mass is 9.83. The second kappa shape index (κ2) is 7.44. The third kappa shape index (κ3) is 3.33. The van der Waals surface area contributed by atoms with E-state index in [2.05, 4.69) is 35.2 Å². The fraction of sp³-hybridized carbons (Fsp3) is 0.375. The van der Waals surface area contributed by atoms with Crippen LogP contribution in [-0.4, -0.2) is 38.2 Å². The first kappa shape index (κ1) is 18.8. The molecule has 0 aliphatic heterocycles. The molecule has 1 N–H and O–H groups in total. The van der Waals surface area contributed by atoms with E-state index in [0.717, 1.165) is 12.2 Å². The van der Waals surface area contributed by atoms with Gasteiger partial charge in [0.2, 0.25) is 0 Å². The van der Waals surface area contributed by atoms with Crippen LogP contribution in [0, 0.1) is 17.8 Å². The molecule has 4 heteroatoms. The number of hydrogen-bond donors (Lipinski definition) is 1. The Kier molecular flexibility index (Phi) is 4.98. The van der Waals surface area contributed by atoms with E-state index >= 15 is 0 Å². The highest BCUT2D eigenvalue weighted by Crippen LogP contribution is 2.50. The van der Waals surface area contributed by atoms with Crippen LogP contribution in [-0.2, 0) is 0 Å². The van der Waals surface area contributed by atoms with Gasteiger partial charge in [-0.25, -0.2) is 0 Å². The van der Waals surface area contributed by atoms with Gasteiger partial charge in [0.05, 0.1) is 19.1 Å². The molecule has 0 spiro atoms. The number of Topliss-reactive ketones (excluding diaryl/α,β-unsaturated/α-hetero) is 1. The van der Waals surface area contributed by atoms with Crippen molar-refractivity contribution in [2.75, 3.05) is 26.1 Å². The zero-order chi connectivity index (χ0) is 19.8. The number of aliphatic hydroxyl groups excluding tert-OH is 1. The minimum atomic E-state index is -0.574. The van der Waals surface area contributed by atoms with Crippen LogP contribution in [0.5, 0.6) is 5.75 Å². The number of fused-ring (bicyclic) bond motifs is 1. The van der Waals surface area contributed by atoms with E-state index < -0.39 is 6.10 Å². The first-order valence-corrected chi connectivity index (χ1v) is 9.82. The normalized spacial score (nSPS) is 25.9. The highest BCUT2D eigenvalue weighted by Gasteiger charge is 2.48. The molecule has 0 saturated heterocycles. The second-order valence-corrected chi connectivity index (χ2v) is 8.09. The minimum Gasteiger partial charge on any atom is -0.497 e. The molecule has 0 amide bonds. The number of hydrogen-bond acceptors (Lipinski definition) is 4. The third-order valence-corrected chi connectivity index (χ3v) is 6.22. The number of nitrogens with zero attached hydrogens (tertiary/aromatic N) is 1. The van der Waals surface area contributed by atoms with Gasteiger partial charge in [0.15, 0.2) is 5.78 Å². The van der Waals surface area contributed by atoms with Crippen molar-refractivity contribution in [2.45, 2.75) is 18.9 Å². The lowest BCUT2D eigenvalue weighted by Gasteiger charge is -2.21. The summed E-state index contributed by atoms with van der Waals surface area (Å²) in [6.45, 7) is 0. The van der Waals surface area contributed by atoms with Crippen LogP contribution >= 0.6 is 0 Å². The van der Waals surface area contributed by atoms with Gasteiger partial charge >= 0.3 is 0 Å². The summed E-state index contributed by atoms with van der Waals surface area (Å²) in [6, 6.07) is 15.7. The minimum absolute atomic E-state index is 0.0411. The molecule has 0 unspecified atom stereocenters. The lowest BCUT2D eigenvalue weighted by molar-refractivity contribution is 0.0699. The van der Waals surface area contributed by atoms with Gasteiger partial charge in [-0.3, -0.25) is 4.79 Å². The van der Waals surface area contributed by atoms with Crippen molar-refractivity contribution in [3.8, 4) is 5.75 Å². The standard InChI is InChI=1S/C24H27NO3/c1-25(2)19-6-4-5-16(12-19)17-11-18-14-22(26)23(21(18)13-17)24(27)15-7-9-20(28-3)10-8-15/h4-12,18,21-23,26H,13-14H2,1-3H3/t18-,21-,22+,23+/m0/s1. The van der Waals surface area contributed by atoms with Crippen LogP contribution in [0.2, 0.25) is 0 Å². The molecule has 2 aromatic rings. The van der Waals surface area contributed by atoms with Gasteiger partial charge in [-0.05, 0) is 72.2 Å². The van der Waals surface area contributed by atoms with Gasteiger partial charge < -0.3 is 14.7 Å². The van der Waals surface area contributed by atoms with Crippen LogP contribution in [0.4, 0.5) is 5.69 Å². The molecule has 1 fully saturated rings. The quantitative estimate of drug-likeness (QED) is 0.799. The van der Waals surface area contributed by atoms with Gasteiger partial charge in [0, 0.05) is 25.3 Å². The molecule has 0 aromatic heterocycles. The van der Waals surface area contributed by atoms with Crippen LogP contribution in [0.25, 0.3) is 5.57 Å². The van der Waals surface area contributed by atoms with E-state index in [1.54, 1.807) is 31.4 Å². The fourth-order valence-corrected chi connectivity index (χ4v) is 4.72. The Morgan fingerprint density at radius 3 is 2.57 bits per heavy atom. The summed E-state index contributed by atoms with van der Waals surface area (Å²) in [5.74, 6) is 0.860. The summed E-state index contributed by atoms with van der Waals surface area (Å²) in [5.41, 5.74) is 4.32. The van der Waals surface area contributed by atoms with Gasteiger partial charge in [-0.15, -0.1) is 0 Å². The van der Waals surface area contributed by atoms with Crippen LogP contribution in [0.1, 0.15) is 28.8 Å². The Morgan fingerprint density at radius 1 is 1.14 bits per heavy atom. The van der Waals surface area contributed by atoms with Gasteiger partial charge in [-0.2, -0.15) is 0 Å². The molecular formula is C24H27NO3. The molecule has 2 aliphatic rings. The second-order valence-electron chi connectivity index (χ2n) is 8.09. The highest BCUT2D eigenvalue weighted by molar-refractivity contribution is 5.99. The average molecular weight is 377 g/mol. The number of carbonyl (C=O) groups excluding carboxylic acids is 1. The molecule has 4 atom stereocenters. The summed E-state index contributed by atoms with van der Waals surface area (Å²) in [4.78, 5) is 15.3. The van der Waals surface area contributed by atoms with Gasteiger partial charge in [0.1, 0.15) is 5.75 Å². The molecule has 28 heavy (non-hydrogen) atoms. The first-order chi connectivity index (χ1) is 13.5. The number of allylic oxidation sites excluding steroid dienone is 2.